The van der Waals surface area contributed by atoms with E-state index in [1.807, 2.05) is 37.3 Å². The van der Waals surface area contributed by atoms with E-state index in [0.29, 0.717) is 0 Å². The van der Waals surface area contributed by atoms with Crippen LogP contribution in [0.3, 0.4) is 0 Å². The van der Waals surface area contributed by atoms with Crippen LogP contribution in [0.5, 0.6) is 0 Å². The van der Waals surface area contributed by atoms with Crippen molar-refractivity contribution in [3.63, 3.8) is 0 Å². The van der Waals surface area contributed by atoms with Crippen LogP contribution in [0.1, 0.15) is 36.2 Å². The summed E-state index contributed by atoms with van der Waals surface area (Å²) in [4.78, 5) is 24.6. The first-order valence-electron chi connectivity index (χ1n) is 9.32. The van der Waals surface area contributed by atoms with Gasteiger partial charge in [-0.05, 0) is 57.5 Å². The van der Waals surface area contributed by atoms with E-state index in [1.165, 1.54) is 43.8 Å². The van der Waals surface area contributed by atoms with Gasteiger partial charge in [-0.3, -0.25) is 4.79 Å². The third kappa shape index (κ3) is 6.69. The Morgan fingerprint density at radius 2 is 1.72 bits per heavy atom. The van der Waals surface area contributed by atoms with Gasteiger partial charge in [0.25, 0.3) is 5.91 Å². The maximum atomic E-state index is 12.3. The number of carbonyl (C=O) groups is 2. The number of nitrogens with one attached hydrogen (secondary N) is 2. The molecule has 0 bridgehead atoms. The molecule has 29 heavy (non-hydrogen) atoms. The van der Waals surface area contributed by atoms with E-state index in [0.717, 1.165) is 12.8 Å². The summed E-state index contributed by atoms with van der Waals surface area (Å²) in [5, 5.41) is 2.83. The van der Waals surface area contributed by atoms with Crippen molar-refractivity contribution in [2.45, 2.75) is 43.7 Å². The number of sulfonamides is 1. The molecule has 7 nitrogen and oxygen atoms in total. The zero-order valence-electron chi connectivity index (χ0n) is 16.7. The third-order valence-corrected chi connectivity index (χ3v) is 5.81. The molecule has 0 fully saturated rings. The Morgan fingerprint density at radius 3 is 2.38 bits per heavy atom. The van der Waals surface area contributed by atoms with Crippen LogP contribution in [0.4, 0.5) is 0 Å². The largest absolute Gasteiger partial charge is 0.449 e. The average molecular weight is 419 g/mol. The van der Waals surface area contributed by atoms with Gasteiger partial charge in [0.2, 0.25) is 10.0 Å². The summed E-state index contributed by atoms with van der Waals surface area (Å²) >= 11 is 0. The molecule has 2 rings (SSSR count). The summed E-state index contributed by atoms with van der Waals surface area (Å²) in [5.74, 6) is -1.17. The van der Waals surface area contributed by atoms with Gasteiger partial charge in [-0.15, -0.1) is 0 Å². The normalized spacial score (nSPS) is 13.3. The van der Waals surface area contributed by atoms with Crippen molar-refractivity contribution in [3.8, 4) is 0 Å². The Hall–Kier alpha value is -2.71. The molecule has 156 valence electrons. The minimum absolute atomic E-state index is 0.0538. The number of esters is 1. The quantitative estimate of drug-likeness (QED) is 0.609. The summed E-state index contributed by atoms with van der Waals surface area (Å²) in [6.07, 6.45) is 0.565. The fraction of sp³-hybridized carbons (Fsp3) is 0.333. The highest BCUT2D eigenvalue weighted by atomic mass is 32.2. The predicted octanol–water partition coefficient (Wildman–Crippen LogP) is 2.28. The first-order valence-corrected chi connectivity index (χ1v) is 10.8. The Labute approximate surface area is 171 Å². The molecule has 0 saturated heterocycles. The first-order chi connectivity index (χ1) is 13.7. The first kappa shape index (κ1) is 22.6. The molecule has 2 aromatic rings. The monoisotopic (exact) mass is 418 g/mol. The van der Waals surface area contributed by atoms with Crippen molar-refractivity contribution in [1.29, 1.82) is 0 Å². The molecule has 0 aliphatic rings. The molecule has 0 saturated carbocycles. The molecule has 8 heteroatoms. The Balaban J connectivity index is 1.90. The molecular weight excluding hydrogens is 392 g/mol. The second-order valence-corrected chi connectivity index (χ2v) is 8.60. The van der Waals surface area contributed by atoms with E-state index in [1.54, 1.807) is 0 Å². The minimum atomic E-state index is -3.68. The molecule has 0 aliphatic heterocycles. The number of aryl methyl sites for hydroxylation is 1. The van der Waals surface area contributed by atoms with E-state index in [2.05, 4.69) is 10.0 Å². The van der Waals surface area contributed by atoms with Crippen LogP contribution >= 0.6 is 0 Å². The van der Waals surface area contributed by atoms with Crippen molar-refractivity contribution in [1.82, 2.24) is 10.0 Å². The maximum Gasteiger partial charge on any atom is 0.338 e. The zero-order valence-corrected chi connectivity index (χ0v) is 17.5. The van der Waals surface area contributed by atoms with Gasteiger partial charge in [0.15, 0.2) is 6.10 Å². The Kier molecular flexibility index (Phi) is 7.92. The van der Waals surface area contributed by atoms with Crippen LogP contribution in [0.25, 0.3) is 0 Å². The topological polar surface area (TPSA) is 102 Å². The van der Waals surface area contributed by atoms with Crippen LogP contribution in [-0.2, 0) is 26.0 Å². The van der Waals surface area contributed by atoms with Crippen LogP contribution < -0.4 is 10.0 Å². The Bertz CT molecular complexity index is 945. The lowest BCUT2D eigenvalue weighted by Gasteiger charge is -2.18. The van der Waals surface area contributed by atoms with Gasteiger partial charge in [-0.2, -0.15) is 0 Å². The lowest BCUT2D eigenvalue weighted by molar-refractivity contribution is -0.129. The predicted molar refractivity (Wildman–Crippen MR) is 110 cm³/mol. The number of benzene rings is 2. The number of amides is 1. The fourth-order valence-electron chi connectivity index (χ4n) is 2.65. The van der Waals surface area contributed by atoms with Gasteiger partial charge in [0.05, 0.1) is 10.5 Å². The lowest BCUT2D eigenvalue weighted by Crippen LogP contribution is -2.41. The van der Waals surface area contributed by atoms with Crippen LogP contribution in [-0.4, -0.2) is 39.5 Å². The van der Waals surface area contributed by atoms with Crippen molar-refractivity contribution in [2.75, 3.05) is 7.05 Å². The summed E-state index contributed by atoms with van der Waals surface area (Å²) in [5.41, 5.74) is 1.24. The van der Waals surface area contributed by atoms with Gasteiger partial charge in [0.1, 0.15) is 0 Å². The maximum absolute atomic E-state index is 12.3. The van der Waals surface area contributed by atoms with Gasteiger partial charge in [0, 0.05) is 6.04 Å². The van der Waals surface area contributed by atoms with Crippen molar-refractivity contribution in [2.24, 2.45) is 0 Å². The van der Waals surface area contributed by atoms with E-state index in [4.69, 9.17) is 4.74 Å². The smallest absolute Gasteiger partial charge is 0.338 e. The average Bonchev–Trinajstić information content (AvgIpc) is 2.73. The standard InChI is InChI=1S/C21H26N2O5S/c1-15(12-13-17-8-5-4-6-9-17)23-20(24)16(2)28-21(25)18-10-7-11-19(14-18)29(26,27)22-3/h4-11,14-16,22H,12-13H2,1-3H3,(H,23,24)/t15-,16-/m1/s1. The van der Waals surface area contributed by atoms with Crippen LogP contribution in [0, 0.1) is 0 Å². The van der Waals surface area contributed by atoms with Gasteiger partial charge in [-0.1, -0.05) is 36.4 Å². The molecule has 1 amide bonds. The molecule has 0 unspecified atom stereocenters. The highest BCUT2D eigenvalue weighted by Crippen LogP contribution is 2.13. The van der Waals surface area contributed by atoms with Crippen LogP contribution in [0.2, 0.25) is 0 Å². The molecule has 0 heterocycles. The molecule has 2 aromatic carbocycles. The summed E-state index contributed by atoms with van der Waals surface area (Å²) < 4.78 is 31.1. The minimum Gasteiger partial charge on any atom is -0.449 e. The lowest BCUT2D eigenvalue weighted by atomic mass is 10.1. The molecule has 2 N–H and O–H groups in total. The summed E-state index contributed by atoms with van der Waals surface area (Å²) in [6, 6.07) is 15.3. The van der Waals surface area contributed by atoms with Crippen molar-refractivity contribution < 1.29 is 22.7 Å². The molecule has 0 aliphatic carbocycles. The SMILES string of the molecule is CNS(=O)(=O)c1cccc(C(=O)O[C@H](C)C(=O)N[C@H](C)CCc2ccccc2)c1. The third-order valence-electron chi connectivity index (χ3n) is 4.40. The van der Waals surface area contributed by atoms with E-state index in [-0.39, 0.29) is 16.5 Å². The number of hydrogen-bond donors (Lipinski definition) is 2. The molecule has 2 atom stereocenters. The summed E-state index contributed by atoms with van der Waals surface area (Å²) in [6.45, 7) is 3.37. The molecule has 0 radical (unpaired) electrons. The van der Waals surface area contributed by atoms with E-state index in [9.17, 15) is 18.0 Å². The van der Waals surface area contributed by atoms with E-state index < -0.39 is 28.0 Å². The van der Waals surface area contributed by atoms with Crippen molar-refractivity contribution in [3.05, 3.63) is 65.7 Å². The molecule has 0 aromatic heterocycles. The van der Waals surface area contributed by atoms with Gasteiger partial charge >= 0.3 is 5.97 Å². The highest BCUT2D eigenvalue weighted by molar-refractivity contribution is 7.89. The second kappa shape index (κ2) is 10.2. The number of carbonyl (C=O) groups excluding carboxylic acids is 2. The number of hydrogen-bond acceptors (Lipinski definition) is 5. The molecular formula is C21H26N2O5S. The zero-order chi connectivity index (χ0) is 21.4. The summed E-state index contributed by atoms with van der Waals surface area (Å²) in [7, 11) is -2.40. The van der Waals surface area contributed by atoms with E-state index >= 15 is 0 Å². The van der Waals surface area contributed by atoms with Crippen molar-refractivity contribution >= 4 is 21.9 Å². The molecule has 0 spiro atoms. The number of rotatable bonds is 9. The Morgan fingerprint density at radius 1 is 1.03 bits per heavy atom. The fourth-order valence-corrected chi connectivity index (χ4v) is 3.43. The second-order valence-electron chi connectivity index (χ2n) is 6.72. The van der Waals surface area contributed by atoms with Crippen LogP contribution in [0.15, 0.2) is 59.5 Å². The van der Waals surface area contributed by atoms with Gasteiger partial charge < -0.3 is 10.1 Å². The van der Waals surface area contributed by atoms with Gasteiger partial charge in [-0.25, -0.2) is 17.9 Å². The highest BCUT2D eigenvalue weighted by Gasteiger charge is 2.21. The number of ether oxygens (including phenoxy) is 1.